The summed E-state index contributed by atoms with van der Waals surface area (Å²) in [4.78, 5) is 0. The van der Waals surface area contributed by atoms with Crippen LogP contribution >= 0.6 is 35.0 Å². The van der Waals surface area contributed by atoms with E-state index in [9.17, 15) is 0 Å². The van der Waals surface area contributed by atoms with E-state index in [0.717, 1.165) is 23.7 Å². The van der Waals surface area contributed by atoms with Gasteiger partial charge in [-0.2, -0.15) is 11.8 Å². The number of rotatable bonds is 4. The van der Waals surface area contributed by atoms with Crippen LogP contribution < -0.4 is 5.32 Å². The zero-order valence-electron chi connectivity index (χ0n) is 9.93. The first-order valence-electron chi connectivity index (χ1n) is 5.88. The highest BCUT2D eigenvalue weighted by Gasteiger charge is 2.28. The van der Waals surface area contributed by atoms with Gasteiger partial charge in [-0.3, -0.25) is 0 Å². The Morgan fingerprint density at radius 3 is 2.88 bits per heavy atom. The van der Waals surface area contributed by atoms with Crippen LogP contribution in [0.4, 0.5) is 0 Å². The van der Waals surface area contributed by atoms with Crippen molar-refractivity contribution in [3.05, 3.63) is 33.8 Å². The molecule has 1 saturated heterocycles. The predicted molar refractivity (Wildman–Crippen MR) is 78.3 cm³/mol. The molecule has 1 aliphatic rings. The Bertz CT molecular complexity index is 389. The lowest BCUT2D eigenvalue weighted by atomic mass is 10.1. The van der Waals surface area contributed by atoms with Gasteiger partial charge in [-0.15, -0.1) is 0 Å². The van der Waals surface area contributed by atoms with Crippen molar-refractivity contribution in [1.29, 1.82) is 0 Å². The summed E-state index contributed by atoms with van der Waals surface area (Å²) in [5.41, 5.74) is 1.11. The van der Waals surface area contributed by atoms with E-state index in [1.807, 2.05) is 12.1 Å². The fourth-order valence-electron chi connectivity index (χ4n) is 2.10. The maximum Gasteiger partial charge on any atom is 0.0465 e. The molecular formula is C13H17Cl2NS. The SMILES string of the molecule is CC1(CNCc2ccc(Cl)cc2Cl)CCCS1. The quantitative estimate of drug-likeness (QED) is 0.883. The monoisotopic (exact) mass is 289 g/mol. The predicted octanol–water partition coefficient (Wildman–Crippen LogP) is 4.37. The molecule has 1 aromatic carbocycles. The van der Waals surface area contributed by atoms with Gasteiger partial charge in [-0.25, -0.2) is 0 Å². The van der Waals surface area contributed by atoms with E-state index in [1.165, 1.54) is 18.6 Å². The summed E-state index contributed by atoms with van der Waals surface area (Å²) < 4.78 is 0.402. The summed E-state index contributed by atoms with van der Waals surface area (Å²) in [6, 6.07) is 5.67. The number of hydrogen-bond donors (Lipinski definition) is 1. The standard InChI is InChI=1S/C13H17Cl2NS/c1-13(5-2-6-17-13)9-16-8-10-3-4-11(14)7-12(10)15/h3-4,7,16H,2,5-6,8-9H2,1H3. The highest BCUT2D eigenvalue weighted by molar-refractivity contribution is 8.00. The second-order valence-corrected chi connectivity index (χ2v) is 7.27. The highest BCUT2D eigenvalue weighted by Crippen LogP contribution is 2.37. The number of thioether (sulfide) groups is 1. The van der Waals surface area contributed by atoms with E-state index in [4.69, 9.17) is 23.2 Å². The Hall–Kier alpha value is 0.110. The lowest BCUT2D eigenvalue weighted by molar-refractivity contribution is 0.537. The fraction of sp³-hybridized carbons (Fsp3) is 0.538. The molecule has 4 heteroatoms. The van der Waals surface area contributed by atoms with Gasteiger partial charge in [0.25, 0.3) is 0 Å². The molecule has 1 fully saturated rings. The van der Waals surface area contributed by atoms with Gasteiger partial charge < -0.3 is 5.32 Å². The summed E-state index contributed by atoms with van der Waals surface area (Å²) in [7, 11) is 0. The Labute approximate surface area is 117 Å². The first kappa shape index (κ1) is 13.5. The van der Waals surface area contributed by atoms with Crippen LogP contribution in [0.1, 0.15) is 25.3 Å². The van der Waals surface area contributed by atoms with Crippen molar-refractivity contribution in [2.45, 2.75) is 31.1 Å². The number of benzene rings is 1. The summed E-state index contributed by atoms with van der Waals surface area (Å²) in [6.45, 7) is 4.18. The molecule has 0 bridgehead atoms. The van der Waals surface area contributed by atoms with Crippen molar-refractivity contribution in [3.63, 3.8) is 0 Å². The maximum absolute atomic E-state index is 6.13. The first-order valence-corrected chi connectivity index (χ1v) is 7.62. The molecule has 0 radical (unpaired) electrons. The highest BCUT2D eigenvalue weighted by atomic mass is 35.5. The minimum absolute atomic E-state index is 0.402. The van der Waals surface area contributed by atoms with Gasteiger partial charge in [0.2, 0.25) is 0 Å². The minimum Gasteiger partial charge on any atom is -0.311 e. The molecule has 1 atom stereocenters. The minimum atomic E-state index is 0.402. The lowest BCUT2D eigenvalue weighted by Crippen LogP contribution is -2.32. The molecule has 94 valence electrons. The van der Waals surface area contributed by atoms with Crippen molar-refractivity contribution in [2.75, 3.05) is 12.3 Å². The maximum atomic E-state index is 6.13. The molecule has 0 aromatic heterocycles. The molecule has 1 aromatic rings. The average Bonchev–Trinajstić information content (AvgIpc) is 2.69. The molecule has 0 spiro atoms. The number of halogens is 2. The third-order valence-electron chi connectivity index (χ3n) is 3.13. The van der Waals surface area contributed by atoms with E-state index in [-0.39, 0.29) is 0 Å². The third-order valence-corrected chi connectivity index (χ3v) is 5.26. The molecule has 1 unspecified atom stereocenters. The van der Waals surface area contributed by atoms with E-state index >= 15 is 0 Å². The summed E-state index contributed by atoms with van der Waals surface area (Å²) >= 11 is 14.1. The van der Waals surface area contributed by atoms with Crippen LogP contribution in [-0.2, 0) is 6.54 Å². The van der Waals surface area contributed by atoms with Crippen LogP contribution in [0, 0.1) is 0 Å². The van der Waals surface area contributed by atoms with Crippen molar-refractivity contribution >= 4 is 35.0 Å². The van der Waals surface area contributed by atoms with Gasteiger partial charge in [-0.05, 0) is 43.2 Å². The molecule has 1 aliphatic heterocycles. The Balaban J connectivity index is 1.85. The molecule has 1 heterocycles. The second kappa shape index (κ2) is 5.83. The van der Waals surface area contributed by atoms with Gasteiger partial charge >= 0.3 is 0 Å². The number of nitrogens with one attached hydrogen (secondary N) is 1. The van der Waals surface area contributed by atoms with Crippen LogP contribution in [0.15, 0.2) is 18.2 Å². The summed E-state index contributed by atoms with van der Waals surface area (Å²) in [5.74, 6) is 1.29. The van der Waals surface area contributed by atoms with Crippen LogP contribution in [0.2, 0.25) is 10.0 Å². The van der Waals surface area contributed by atoms with Gasteiger partial charge in [0.05, 0.1) is 0 Å². The second-order valence-electron chi connectivity index (χ2n) is 4.74. The molecule has 17 heavy (non-hydrogen) atoms. The fourth-order valence-corrected chi connectivity index (χ4v) is 3.85. The molecule has 0 amide bonds. The van der Waals surface area contributed by atoms with Crippen LogP contribution in [0.5, 0.6) is 0 Å². The smallest absolute Gasteiger partial charge is 0.0465 e. The topological polar surface area (TPSA) is 12.0 Å². The van der Waals surface area contributed by atoms with Crippen molar-refractivity contribution in [1.82, 2.24) is 5.32 Å². The molecule has 2 rings (SSSR count). The molecule has 0 aliphatic carbocycles. The van der Waals surface area contributed by atoms with Gasteiger partial charge in [0, 0.05) is 27.9 Å². The van der Waals surface area contributed by atoms with Gasteiger partial charge in [0.15, 0.2) is 0 Å². The molecule has 1 nitrogen and oxygen atoms in total. The zero-order chi connectivity index (χ0) is 12.3. The van der Waals surface area contributed by atoms with Crippen molar-refractivity contribution < 1.29 is 0 Å². The van der Waals surface area contributed by atoms with Crippen LogP contribution in [0.25, 0.3) is 0 Å². The van der Waals surface area contributed by atoms with Crippen LogP contribution in [-0.4, -0.2) is 17.0 Å². The number of hydrogen-bond acceptors (Lipinski definition) is 2. The first-order chi connectivity index (χ1) is 8.09. The summed E-state index contributed by atoms with van der Waals surface area (Å²) in [5, 5.41) is 4.93. The largest absolute Gasteiger partial charge is 0.311 e. The van der Waals surface area contributed by atoms with E-state index in [0.29, 0.717) is 9.77 Å². The summed E-state index contributed by atoms with van der Waals surface area (Å²) in [6.07, 6.45) is 2.64. The van der Waals surface area contributed by atoms with E-state index in [1.54, 1.807) is 6.07 Å². The van der Waals surface area contributed by atoms with E-state index < -0.39 is 0 Å². The Morgan fingerprint density at radius 2 is 2.24 bits per heavy atom. The van der Waals surface area contributed by atoms with Gasteiger partial charge in [-0.1, -0.05) is 29.3 Å². The Morgan fingerprint density at radius 1 is 1.41 bits per heavy atom. The zero-order valence-corrected chi connectivity index (χ0v) is 12.3. The van der Waals surface area contributed by atoms with Crippen molar-refractivity contribution in [2.24, 2.45) is 0 Å². The normalized spacial score (nSPS) is 24.2. The van der Waals surface area contributed by atoms with Crippen molar-refractivity contribution in [3.8, 4) is 0 Å². The van der Waals surface area contributed by atoms with E-state index in [2.05, 4.69) is 24.0 Å². The molecular weight excluding hydrogens is 273 g/mol. The Kier molecular flexibility index (Phi) is 4.65. The lowest BCUT2D eigenvalue weighted by Gasteiger charge is -2.23. The third kappa shape index (κ3) is 3.78. The molecule has 1 N–H and O–H groups in total. The average molecular weight is 290 g/mol. The van der Waals surface area contributed by atoms with Crippen LogP contribution in [0.3, 0.4) is 0 Å². The van der Waals surface area contributed by atoms with Gasteiger partial charge in [0.1, 0.15) is 0 Å². The molecule has 0 saturated carbocycles.